The molecule has 4 aliphatic rings. The molecule has 0 bridgehead atoms. The third-order valence-electron chi connectivity index (χ3n) is 10.7. The SMILES string of the molecule is COC(=O)CC[C@@H](C)[C@H]1CC[C@H]2[C@@H]3C(=O)[C@H](O)[C@@H]4C[C@H](O)CC[C@]4(C)[C@H]3C[C@H](OC(C)=O)[C@]12C. The molecular formula is C27H42O7. The van der Waals surface area contributed by atoms with Crippen molar-refractivity contribution in [1.29, 1.82) is 0 Å². The van der Waals surface area contributed by atoms with Crippen molar-refractivity contribution in [3.05, 3.63) is 0 Å². The maximum atomic E-state index is 13.7. The molecule has 0 radical (unpaired) electrons. The maximum absolute atomic E-state index is 13.7. The number of esters is 2. The minimum atomic E-state index is -1.05. The standard InChI is InChI=1S/C27H42O7/c1-14(6-9-22(30)33-5)17-7-8-18-23-19(13-21(27(17,18)4)34-15(2)28)26(3)11-10-16(29)12-20(26)24(31)25(23)32/h14,16-21,23-24,29,31H,6-13H2,1-5H3/t14-,16-,17-,18+,19+,20+,21+,23+,24-,26-,27-/m1/s1. The molecular weight excluding hydrogens is 436 g/mol. The Morgan fingerprint density at radius 3 is 2.44 bits per heavy atom. The summed E-state index contributed by atoms with van der Waals surface area (Å²) < 4.78 is 10.9. The molecule has 7 heteroatoms. The van der Waals surface area contributed by atoms with Crippen LogP contribution >= 0.6 is 0 Å². The molecule has 0 aromatic carbocycles. The highest BCUT2D eigenvalue weighted by molar-refractivity contribution is 5.87. The van der Waals surface area contributed by atoms with Gasteiger partial charge >= 0.3 is 11.9 Å². The Kier molecular flexibility index (Phi) is 6.93. The number of aliphatic hydroxyl groups excluding tert-OH is 2. The molecule has 34 heavy (non-hydrogen) atoms. The van der Waals surface area contributed by atoms with Gasteiger partial charge in [-0.15, -0.1) is 0 Å². The highest BCUT2D eigenvalue weighted by Gasteiger charge is 2.68. The van der Waals surface area contributed by atoms with Crippen LogP contribution in [0.4, 0.5) is 0 Å². The summed E-state index contributed by atoms with van der Waals surface area (Å²) >= 11 is 0. The van der Waals surface area contributed by atoms with Gasteiger partial charge in [-0.05, 0) is 74.0 Å². The van der Waals surface area contributed by atoms with Gasteiger partial charge in [-0.1, -0.05) is 20.8 Å². The monoisotopic (exact) mass is 478 g/mol. The van der Waals surface area contributed by atoms with Crippen molar-refractivity contribution in [3.8, 4) is 0 Å². The van der Waals surface area contributed by atoms with Gasteiger partial charge in [0.15, 0.2) is 5.78 Å². The molecule has 4 aliphatic carbocycles. The number of methoxy groups -OCH3 is 1. The van der Waals surface area contributed by atoms with Crippen molar-refractivity contribution >= 4 is 17.7 Å². The van der Waals surface area contributed by atoms with E-state index in [2.05, 4.69) is 20.8 Å². The summed E-state index contributed by atoms with van der Waals surface area (Å²) in [5.74, 6) is -0.682. The molecule has 7 nitrogen and oxygen atoms in total. The van der Waals surface area contributed by atoms with E-state index in [9.17, 15) is 24.6 Å². The number of carbonyl (C=O) groups is 3. The number of carbonyl (C=O) groups excluding carboxylic acids is 3. The van der Waals surface area contributed by atoms with Crippen LogP contribution in [0.25, 0.3) is 0 Å². The second-order valence-corrected chi connectivity index (χ2v) is 12.1. The second-order valence-electron chi connectivity index (χ2n) is 12.1. The van der Waals surface area contributed by atoms with Gasteiger partial charge in [-0.3, -0.25) is 14.4 Å². The number of rotatable bonds is 5. The fourth-order valence-corrected chi connectivity index (χ4v) is 8.90. The number of ether oxygens (including phenoxy) is 2. The Morgan fingerprint density at radius 2 is 1.79 bits per heavy atom. The lowest BCUT2D eigenvalue weighted by atomic mass is 9.42. The van der Waals surface area contributed by atoms with Gasteiger partial charge in [0.1, 0.15) is 12.2 Å². The van der Waals surface area contributed by atoms with E-state index in [0.29, 0.717) is 32.1 Å². The van der Waals surface area contributed by atoms with Gasteiger partial charge in [0.2, 0.25) is 0 Å². The van der Waals surface area contributed by atoms with Gasteiger partial charge in [0, 0.05) is 30.6 Å². The molecule has 4 saturated carbocycles. The number of fused-ring (bicyclic) bond motifs is 5. The zero-order chi connectivity index (χ0) is 25.0. The predicted molar refractivity (Wildman–Crippen MR) is 124 cm³/mol. The van der Waals surface area contributed by atoms with Crippen molar-refractivity contribution in [2.24, 2.45) is 46.3 Å². The highest BCUT2D eigenvalue weighted by atomic mass is 16.5. The van der Waals surface area contributed by atoms with Gasteiger partial charge in [-0.25, -0.2) is 0 Å². The third-order valence-corrected chi connectivity index (χ3v) is 10.7. The van der Waals surface area contributed by atoms with E-state index in [0.717, 1.165) is 19.3 Å². The van der Waals surface area contributed by atoms with Gasteiger partial charge in [0.05, 0.1) is 13.2 Å². The number of hydrogen-bond acceptors (Lipinski definition) is 7. The quantitative estimate of drug-likeness (QED) is 0.584. The topological polar surface area (TPSA) is 110 Å². The van der Waals surface area contributed by atoms with E-state index >= 15 is 0 Å². The fraction of sp³-hybridized carbons (Fsp3) is 0.889. The summed E-state index contributed by atoms with van der Waals surface area (Å²) in [7, 11) is 1.40. The fourth-order valence-electron chi connectivity index (χ4n) is 8.90. The average Bonchev–Trinajstić information content (AvgIpc) is 3.15. The first-order valence-corrected chi connectivity index (χ1v) is 13.1. The average molecular weight is 479 g/mol. The van der Waals surface area contributed by atoms with Crippen LogP contribution in [0, 0.1) is 46.3 Å². The molecule has 4 fully saturated rings. The van der Waals surface area contributed by atoms with Gasteiger partial charge in [0.25, 0.3) is 0 Å². The molecule has 0 saturated heterocycles. The molecule has 0 spiro atoms. The van der Waals surface area contributed by atoms with Crippen LogP contribution < -0.4 is 0 Å². The highest BCUT2D eigenvalue weighted by Crippen LogP contribution is 2.68. The van der Waals surface area contributed by atoms with Crippen LogP contribution in [0.3, 0.4) is 0 Å². The molecule has 0 heterocycles. The summed E-state index contributed by atoms with van der Waals surface area (Å²) in [5, 5.41) is 21.5. The van der Waals surface area contributed by atoms with E-state index in [1.165, 1.54) is 14.0 Å². The number of Topliss-reactive ketones (excluding diaryl/α,β-unsaturated/α-hetero) is 1. The largest absolute Gasteiger partial charge is 0.469 e. The first-order chi connectivity index (χ1) is 15.9. The van der Waals surface area contributed by atoms with Crippen LogP contribution in [0.5, 0.6) is 0 Å². The van der Waals surface area contributed by atoms with Crippen molar-refractivity contribution in [2.75, 3.05) is 7.11 Å². The molecule has 0 aliphatic heterocycles. The normalized spacial score (nSPS) is 46.6. The number of ketones is 1. The Labute approximate surface area is 203 Å². The maximum Gasteiger partial charge on any atom is 0.305 e. The molecule has 4 rings (SSSR count). The van der Waals surface area contributed by atoms with E-state index in [1.807, 2.05) is 0 Å². The third kappa shape index (κ3) is 3.91. The molecule has 0 amide bonds. The molecule has 11 atom stereocenters. The first kappa shape index (κ1) is 25.6. The zero-order valence-electron chi connectivity index (χ0n) is 21.3. The summed E-state index contributed by atoms with van der Waals surface area (Å²) in [6.07, 6.45) is 3.44. The minimum Gasteiger partial charge on any atom is -0.469 e. The molecule has 0 unspecified atom stereocenters. The van der Waals surface area contributed by atoms with Crippen LogP contribution in [0.15, 0.2) is 0 Å². The summed E-state index contributed by atoms with van der Waals surface area (Å²) in [4.78, 5) is 37.7. The molecule has 0 aromatic rings. The molecule has 0 aromatic heterocycles. The lowest BCUT2D eigenvalue weighted by Gasteiger charge is -2.62. The zero-order valence-corrected chi connectivity index (χ0v) is 21.3. The van der Waals surface area contributed by atoms with E-state index in [-0.39, 0.29) is 64.7 Å². The first-order valence-electron chi connectivity index (χ1n) is 13.1. The minimum absolute atomic E-state index is 0.0208. The van der Waals surface area contributed by atoms with Crippen molar-refractivity contribution in [1.82, 2.24) is 0 Å². The van der Waals surface area contributed by atoms with Crippen molar-refractivity contribution in [3.63, 3.8) is 0 Å². The van der Waals surface area contributed by atoms with Gasteiger partial charge < -0.3 is 19.7 Å². The number of hydrogen-bond donors (Lipinski definition) is 2. The Morgan fingerprint density at radius 1 is 1.09 bits per heavy atom. The van der Waals surface area contributed by atoms with E-state index < -0.39 is 17.6 Å². The Balaban J connectivity index is 1.70. The lowest BCUT2D eigenvalue weighted by Crippen LogP contribution is -2.65. The summed E-state index contributed by atoms with van der Waals surface area (Å²) in [5.41, 5.74) is -0.666. The van der Waals surface area contributed by atoms with Crippen molar-refractivity contribution < 1.29 is 34.1 Å². The molecule has 192 valence electrons. The summed E-state index contributed by atoms with van der Waals surface area (Å²) in [6, 6.07) is 0. The van der Waals surface area contributed by atoms with Crippen molar-refractivity contribution in [2.45, 2.75) is 97.4 Å². The Bertz CT molecular complexity index is 826. The lowest BCUT2D eigenvalue weighted by molar-refractivity contribution is -0.209. The Hall–Kier alpha value is -1.47. The second kappa shape index (κ2) is 9.20. The van der Waals surface area contributed by atoms with Gasteiger partial charge in [-0.2, -0.15) is 0 Å². The van der Waals surface area contributed by atoms with E-state index in [4.69, 9.17) is 9.47 Å². The van der Waals surface area contributed by atoms with Crippen LogP contribution in [-0.4, -0.2) is 53.4 Å². The van der Waals surface area contributed by atoms with Crippen LogP contribution in [-0.2, 0) is 23.9 Å². The summed E-state index contributed by atoms with van der Waals surface area (Å²) in [6.45, 7) is 7.95. The smallest absolute Gasteiger partial charge is 0.305 e. The molecule has 2 N–H and O–H groups in total. The predicted octanol–water partition coefficient (Wildman–Crippen LogP) is 3.29. The van der Waals surface area contributed by atoms with Crippen LogP contribution in [0.2, 0.25) is 0 Å². The van der Waals surface area contributed by atoms with E-state index in [1.54, 1.807) is 0 Å². The van der Waals surface area contributed by atoms with Crippen LogP contribution in [0.1, 0.15) is 79.1 Å². The number of aliphatic hydroxyl groups is 2.